The van der Waals surface area contributed by atoms with E-state index in [9.17, 15) is 5.11 Å². The molecule has 0 aliphatic rings. The van der Waals surface area contributed by atoms with Gasteiger partial charge in [-0.05, 0) is 24.8 Å². The van der Waals surface area contributed by atoms with Crippen molar-refractivity contribution in [3.63, 3.8) is 0 Å². The number of benzene rings is 1. The topological polar surface area (TPSA) is 20.2 Å². The number of hydrogen-bond donors (Lipinski definition) is 1. The van der Waals surface area contributed by atoms with Crippen LogP contribution in [0.15, 0.2) is 30.3 Å². The molecule has 0 bridgehead atoms. The molecule has 0 fully saturated rings. The Morgan fingerprint density at radius 3 is 2.47 bits per heavy atom. The van der Waals surface area contributed by atoms with E-state index in [0.29, 0.717) is 0 Å². The molecule has 84 valence electrons. The van der Waals surface area contributed by atoms with Crippen LogP contribution in [-0.2, 0) is 6.42 Å². The molecule has 0 aliphatic carbocycles. The molecular formula is C14H22O. The molecule has 1 N–H and O–H groups in total. The zero-order chi connectivity index (χ0) is 10.9. The van der Waals surface area contributed by atoms with Gasteiger partial charge >= 0.3 is 0 Å². The Balaban J connectivity index is 2.14. The van der Waals surface area contributed by atoms with Crippen LogP contribution in [0.1, 0.15) is 44.6 Å². The van der Waals surface area contributed by atoms with Gasteiger partial charge in [0.2, 0.25) is 0 Å². The first-order chi connectivity index (χ1) is 7.33. The summed E-state index contributed by atoms with van der Waals surface area (Å²) >= 11 is 0. The molecule has 0 heterocycles. The lowest BCUT2D eigenvalue weighted by atomic mass is 10.0. The second-order valence-corrected chi connectivity index (χ2v) is 4.17. The highest BCUT2D eigenvalue weighted by molar-refractivity contribution is 5.14. The first kappa shape index (κ1) is 12.3. The fourth-order valence-electron chi connectivity index (χ4n) is 1.75. The summed E-state index contributed by atoms with van der Waals surface area (Å²) in [6.07, 6.45) is 6.36. The van der Waals surface area contributed by atoms with Gasteiger partial charge in [-0.1, -0.05) is 56.5 Å². The minimum atomic E-state index is -0.114. The Kier molecular flexibility index (Phi) is 6.10. The Morgan fingerprint density at radius 2 is 1.80 bits per heavy atom. The molecule has 1 nitrogen and oxygen atoms in total. The second kappa shape index (κ2) is 7.47. The van der Waals surface area contributed by atoms with Gasteiger partial charge in [0.25, 0.3) is 0 Å². The number of aliphatic hydroxyl groups is 1. The zero-order valence-corrected chi connectivity index (χ0v) is 9.65. The van der Waals surface area contributed by atoms with Gasteiger partial charge in [-0.15, -0.1) is 0 Å². The van der Waals surface area contributed by atoms with Crippen molar-refractivity contribution in [3.05, 3.63) is 35.9 Å². The van der Waals surface area contributed by atoms with Crippen molar-refractivity contribution >= 4 is 0 Å². The molecule has 0 radical (unpaired) electrons. The summed E-state index contributed by atoms with van der Waals surface area (Å²) in [5.41, 5.74) is 1.33. The quantitative estimate of drug-likeness (QED) is 0.676. The van der Waals surface area contributed by atoms with Gasteiger partial charge in [-0.2, -0.15) is 0 Å². The Hall–Kier alpha value is -0.820. The SMILES string of the molecule is CCCCCC(O)CCc1ccccc1. The average molecular weight is 206 g/mol. The van der Waals surface area contributed by atoms with Crippen LogP contribution in [0, 0.1) is 0 Å². The molecule has 0 saturated heterocycles. The van der Waals surface area contributed by atoms with E-state index in [0.717, 1.165) is 25.7 Å². The monoisotopic (exact) mass is 206 g/mol. The van der Waals surface area contributed by atoms with E-state index in [2.05, 4.69) is 31.2 Å². The van der Waals surface area contributed by atoms with Crippen LogP contribution in [0.4, 0.5) is 0 Å². The van der Waals surface area contributed by atoms with Crippen LogP contribution in [0.25, 0.3) is 0 Å². The van der Waals surface area contributed by atoms with Gasteiger partial charge in [0.1, 0.15) is 0 Å². The van der Waals surface area contributed by atoms with Crippen molar-refractivity contribution in [2.45, 2.75) is 51.6 Å². The predicted octanol–water partition coefficient (Wildman–Crippen LogP) is 3.56. The van der Waals surface area contributed by atoms with Crippen LogP contribution < -0.4 is 0 Å². The Bertz CT molecular complexity index is 243. The van der Waals surface area contributed by atoms with E-state index in [4.69, 9.17) is 0 Å². The van der Waals surface area contributed by atoms with Crippen molar-refractivity contribution < 1.29 is 5.11 Å². The van der Waals surface area contributed by atoms with Crippen molar-refractivity contribution in [1.29, 1.82) is 0 Å². The second-order valence-electron chi connectivity index (χ2n) is 4.17. The summed E-state index contributed by atoms with van der Waals surface area (Å²) in [5, 5.41) is 9.74. The summed E-state index contributed by atoms with van der Waals surface area (Å²) in [6, 6.07) is 10.4. The van der Waals surface area contributed by atoms with E-state index >= 15 is 0 Å². The molecule has 1 aromatic rings. The first-order valence-corrected chi connectivity index (χ1v) is 6.05. The number of rotatable bonds is 7. The number of unbranched alkanes of at least 4 members (excludes halogenated alkanes) is 2. The van der Waals surface area contributed by atoms with Gasteiger partial charge in [-0.3, -0.25) is 0 Å². The van der Waals surface area contributed by atoms with E-state index in [1.165, 1.54) is 18.4 Å². The van der Waals surface area contributed by atoms with E-state index < -0.39 is 0 Å². The fraction of sp³-hybridized carbons (Fsp3) is 0.571. The number of aryl methyl sites for hydroxylation is 1. The maximum absolute atomic E-state index is 9.74. The maximum atomic E-state index is 9.74. The van der Waals surface area contributed by atoms with Crippen LogP contribution in [0.3, 0.4) is 0 Å². The predicted molar refractivity (Wildman–Crippen MR) is 64.9 cm³/mol. The Labute approximate surface area is 93.1 Å². The van der Waals surface area contributed by atoms with Gasteiger partial charge in [0, 0.05) is 0 Å². The van der Waals surface area contributed by atoms with Gasteiger partial charge in [0.15, 0.2) is 0 Å². The smallest absolute Gasteiger partial charge is 0.0543 e. The lowest BCUT2D eigenvalue weighted by Crippen LogP contribution is -2.07. The molecular weight excluding hydrogens is 184 g/mol. The van der Waals surface area contributed by atoms with Crippen LogP contribution in [-0.4, -0.2) is 11.2 Å². The third kappa shape index (κ3) is 5.58. The molecule has 1 atom stereocenters. The molecule has 1 rings (SSSR count). The van der Waals surface area contributed by atoms with E-state index in [1.807, 2.05) is 6.07 Å². The standard InChI is InChI=1S/C14H22O/c1-2-3-5-10-14(15)12-11-13-8-6-4-7-9-13/h4,6-9,14-15H,2-3,5,10-12H2,1H3. The third-order valence-corrected chi connectivity index (χ3v) is 2.75. The molecule has 0 amide bonds. The molecule has 0 spiro atoms. The largest absolute Gasteiger partial charge is 0.393 e. The van der Waals surface area contributed by atoms with Crippen molar-refractivity contribution in [1.82, 2.24) is 0 Å². The maximum Gasteiger partial charge on any atom is 0.0543 e. The Morgan fingerprint density at radius 1 is 1.07 bits per heavy atom. The minimum Gasteiger partial charge on any atom is -0.393 e. The molecule has 0 saturated carbocycles. The van der Waals surface area contributed by atoms with Crippen molar-refractivity contribution in [2.24, 2.45) is 0 Å². The molecule has 1 aromatic carbocycles. The molecule has 0 aliphatic heterocycles. The summed E-state index contributed by atoms with van der Waals surface area (Å²) in [5.74, 6) is 0. The highest BCUT2D eigenvalue weighted by atomic mass is 16.3. The number of aliphatic hydroxyl groups excluding tert-OH is 1. The lowest BCUT2D eigenvalue weighted by Gasteiger charge is -2.09. The van der Waals surface area contributed by atoms with Crippen molar-refractivity contribution in [3.8, 4) is 0 Å². The fourth-order valence-corrected chi connectivity index (χ4v) is 1.75. The van der Waals surface area contributed by atoms with E-state index in [-0.39, 0.29) is 6.10 Å². The first-order valence-electron chi connectivity index (χ1n) is 6.05. The molecule has 15 heavy (non-hydrogen) atoms. The zero-order valence-electron chi connectivity index (χ0n) is 9.65. The minimum absolute atomic E-state index is 0.114. The highest BCUT2D eigenvalue weighted by Crippen LogP contribution is 2.10. The van der Waals surface area contributed by atoms with Gasteiger partial charge in [-0.25, -0.2) is 0 Å². The highest BCUT2D eigenvalue weighted by Gasteiger charge is 2.03. The third-order valence-electron chi connectivity index (χ3n) is 2.75. The molecule has 1 unspecified atom stereocenters. The molecule has 1 heteroatoms. The summed E-state index contributed by atoms with van der Waals surface area (Å²) in [4.78, 5) is 0. The van der Waals surface area contributed by atoms with Crippen molar-refractivity contribution in [2.75, 3.05) is 0 Å². The lowest BCUT2D eigenvalue weighted by molar-refractivity contribution is 0.151. The average Bonchev–Trinajstić information content (AvgIpc) is 2.28. The van der Waals surface area contributed by atoms with Crippen LogP contribution in [0.2, 0.25) is 0 Å². The summed E-state index contributed by atoms with van der Waals surface area (Å²) in [6.45, 7) is 2.19. The van der Waals surface area contributed by atoms with Gasteiger partial charge < -0.3 is 5.11 Å². The summed E-state index contributed by atoms with van der Waals surface area (Å²) in [7, 11) is 0. The molecule has 0 aromatic heterocycles. The summed E-state index contributed by atoms with van der Waals surface area (Å²) < 4.78 is 0. The van der Waals surface area contributed by atoms with Crippen LogP contribution >= 0.6 is 0 Å². The normalized spacial score (nSPS) is 12.7. The van der Waals surface area contributed by atoms with E-state index in [1.54, 1.807) is 0 Å². The van der Waals surface area contributed by atoms with Crippen LogP contribution in [0.5, 0.6) is 0 Å². The van der Waals surface area contributed by atoms with Gasteiger partial charge in [0.05, 0.1) is 6.10 Å². The number of hydrogen-bond acceptors (Lipinski definition) is 1.